The summed E-state index contributed by atoms with van der Waals surface area (Å²) in [6.45, 7) is 6.13. The van der Waals surface area contributed by atoms with E-state index < -0.39 is 0 Å². The van der Waals surface area contributed by atoms with Gasteiger partial charge in [-0.1, -0.05) is 31.8 Å². The Morgan fingerprint density at radius 3 is 2.87 bits per heavy atom. The number of hydrogen-bond acceptors (Lipinski definition) is 3. The van der Waals surface area contributed by atoms with Gasteiger partial charge in [0.1, 0.15) is 5.84 Å². The number of rotatable bonds is 5. The highest BCUT2D eigenvalue weighted by Crippen LogP contribution is 2.30. The van der Waals surface area contributed by atoms with Gasteiger partial charge in [0.25, 0.3) is 0 Å². The van der Waals surface area contributed by atoms with E-state index in [9.17, 15) is 0 Å². The van der Waals surface area contributed by atoms with Crippen LogP contribution in [-0.4, -0.2) is 24.1 Å². The molecule has 1 aliphatic carbocycles. The van der Waals surface area contributed by atoms with Crippen LogP contribution in [0, 0.1) is 17.8 Å². The Hall–Kier alpha value is -0.770. The van der Waals surface area contributed by atoms with E-state index in [0.717, 1.165) is 24.9 Å². The monoisotopic (exact) mass is 213 g/mol. The van der Waals surface area contributed by atoms with E-state index >= 15 is 0 Å². The summed E-state index contributed by atoms with van der Waals surface area (Å²) in [6.07, 6.45) is 4.07. The van der Waals surface area contributed by atoms with Crippen molar-refractivity contribution in [2.75, 3.05) is 13.1 Å². The number of nitrogens with zero attached hydrogens (tertiary/aromatic N) is 1. The molecule has 1 saturated carbocycles. The second-order valence-corrected chi connectivity index (χ2v) is 4.75. The van der Waals surface area contributed by atoms with Gasteiger partial charge in [0.2, 0.25) is 0 Å². The summed E-state index contributed by atoms with van der Waals surface area (Å²) in [6, 6.07) is 0. The predicted octanol–water partition coefficient (Wildman–Crippen LogP) is 1.39. The fourth-order valence-electron chi connectivity index (χ4n) is 2.21. The van der Waals surface area contributed by atoms with Crippen molar-refractivity contribution < 1.29 is 5.21 Å². The molecule has 15 heavy (non-hydrogen) atoms. The molecule has 0 bridgehead atoms. The molecule has 0 aromatic heterocycles. The molecular formula is C11H23N3O. The highest BCUT2D eigenvalue weighted by molar-refractivity contribution is 5.82. The Balaban J connectivity index is 2.15. The van der Waals surface area contributed by atoms with E-state index in [2.05, 4.69) is 17.4 Å². The van der Waals surface area contributed by atoms with Crippen LogP contribution in [0.3, 0.4) is 0 Å². The lowest BCUT2D eigenvalue weighted by Gasteiger charge is -2.17. The van der Waals surface area contributed by atoms with Gasteiger partial charge in [0, 0.05) is 12.5 Å². The molecule has 88 valence electrons. The molecule has 0 spiro atoms. The average Bonchev–Trinajstić information content (AvgIpc) is 2.63. The molecule has 0 amide bonds. The van der Waals surface area contributed by atoms with Crippen LogP contribution >= 0.6 is 0 Å². The van der Waals surface area contributed by atoms with E-state index in [1.807, 2.05) is 6.92 Å². The fourth-order valence-corrected chi connectivity index (χ4v) is 2.21. The summed E-state index contributed by atoms with van der Waals surface area (Å²) in [7, 11) is 0. The predicted molar refractivity (Wildman–Crippen MR) is 61.9 cm³/mol. The van der Waals surface area contributed by atoms with Crippen LogP contribution < -0.4 is 11.1 Å². The molecule has 4 nitrogen and oxygen atoms in total. The molecule has 0 aromatic carbocycles. The Morgan fingerprint density at radius 1 is 1.60 bits per heavy atom. The van der Waals surface area contributed by atoms with Crippen molar-refractivity contribution in [3.05, 3.63) is 0 Å². The maximum absolute atomic E-state index is 8.49. The van der Waals surface area contributed by atoms with Crippen LogP contribution in [-0.2, 0) is 0 Å². The molecule has 1 rings (SSSR count). The summed E-state index contributed by atoms with van der Waals surface area (Å²) in [4.78, 5) is 0. The number of oxime groups is 1. The Labute approximate surface area is 91.9 Å². The summed E-state index contributed by atoms with van der Waals surface area (Å²) in [5, 5.41) is 14.9. The van der Waals surface area contributed by atoms with Crippen LogP contribution in [0.2, 0.25) is 0 Å². The quantitative estimate of drug-likeness (QED) is 0.280. The molecule has 1 fully saturated rings. The normalized spacial score (nSPS) is 29.3. The summed E-state index contributed by atoms with van der Waals surface area (Å²) in [5.74, 6) is 2.06. The topological polar surface area (TPSA) is 70.6 Å². The van der Waals surface area contributed by atoms with E-state index in [4.69, 9.17) is 10.9 Å². The minimum absolute atomic E-state index is 0.103. The first-order valence-corrected chi connectivity index (χ1v) is 5.83. The van der Waals surface area contributed by atoms with Crippen LogP contribution in [0.15, 0.2) is 5.16 Å². The first-order chi connectivity index (χ1) is 7.15. The third-order valence-corrected chi connectivity index (χ3v) is 3.52. The molecule has 0 aliphatic heterocycles. The highest BCUT2D eigenvalue weighted by atomic mass is 16.4. The molecule has 0 radical (unpaired) electrons. The number of nitrogens with two attached hydrogens (primary N) is 1. The molecule has 1 aliphatic rings. The largest absolute Gasteiger partial charge is 0.409 e. The van der Waals surface area contributed by atoms with Gasteiger partial charge in [-0.2, -0.15) is 0 Å². The van der Waals surface area contributed by atoms with Crippen LogP contribution in [0.4, 0.5) is 0 Å². The Morgan fingerprint density at radius 2 is 2.33 bits per heavy atom. The van der Waals surface area contributed by atoms with Gasteiger partial charge in [-0.3, -0.25) is 0 Å². The first kappa shape index (κ1) is 12.3. The second-order valence-electron chi connectivity index (χ2n) is 4.75. The zero-order chi connectivity index (χ0) is 11.3. The summed E-state index contributed by atoms with van der Waals surface area (Å²) < 4.78 is 0. The average molecular weight is 213 g/mol. The smallest absolute Gasteiger partial charge is 0.143 e. The lowest BCUT2D eigenvalue weighted by molar-refractivity contribution is 0.313. The van der Waals surface area contributed by atoms with Crippen molar-refractivity contribution in [2.45, 2.75) is 33.1 Å². The van der Waals surface area contributed by atoms with Crippen molar-refractivity contribution in [1.29, 1.82) is 0 Å². The molecule has 4 heteroatoms. The lowest BCUT2D eigenvalue weighted by atomic mass is 9.98. The number of amidine groups is 1. The molecule has 3 atom stereocenters. The van der Waals surface area contributed by atoms with Gasteiger partial charge in [-0.05, 0) is 24.8 Å². The molecular weight excluding hydrogens is 190 g/mol. The highest BCUT2D eigenvalue weighted by Gasteiger charge is 2.22. The van der Waals surface area contributed by atoms with Crippen molar-refractivity contribution in [2.24, 2.45) is 28.6 Å². The SMILES string of the molecule is CC(CNCC1CCCC1C)C(N)=NO. The standard InChI is InChI=1S/C11H23N3O/c1-8-4-3-5-10(8)7-13-6-9(2)11(12)14-15/h8-10,13,15H,3-7H2,1-2H3,(H2,12,14). The minimum Gasteiger partial charge on any atom is -0.409 e. The fraction of sp³-hybridized carbons (Fsp3) is 0.909. The van der Waals surface area contributed by atoms with Crippen LogP contribution in [0.25, 0.3) is 0 Å². The first-order valence-electron chi connectivity index (χ1n) is 5.83. The molecule has 0 heterocycles. The molecule has 3 unspecified atom stereocenters. The third kappa shape index (κ3) is 3.70. The Kier molecular flexibility index (Phi) is 4.88. The van der Waals surface area contributed by atoms with E-state index in [-0.39, 0.29) is 5.92 Å². The number of hydrogen-bond donors (Lipinski definition) is 3. The van der Waals surface area contributed by atoms with Crippen LogP contribution in [0.5, 0.6) is 0 Å². The Bertz CT molecular complexity index is 218. The summed E-state index contributed by atoms with van der Waals surface area (Å²) in [5.41, 5.74) is 5.50. The van der Waals surface area contributed by atoms with E-state index in [1.165, 1.54) is 19.3 Å². The van der Waals surface area contributed by atoms with Crippen molar-refractivity contribution in [3.8, 4) is 0 Å². The van der Waals surface area contributed by atoms with Gasteiger partial charge in [0.15, 0.2) is 0 Å². The maximum Gasteiger partial charge on any atom is 0.143 e. The molecule has 0 aromatic rings. The lowest BCUT2D eigenvalue weighted by Crippen LogP contribution is -2.34. The van der Waals surface area contributed by atoms with Gasteiger partial charge < -0.3 is 16.3 Å². The third-order valence-electron chi connectivity index (χ3n) is 3.52. The van der Waals surface area contributed by atoms with Gasteiger partial charge >= 0.3 is 0 Å². The number of nitrogens with one attached hydrogen (secondary N) is 1. The van der Waals surface area contributed by atoms with Crippen molar-refractivity contribution in [1.82, 2.24) is 5.32 Å². The molecule has 4 N–H and O–H groups in total. The van der Waals surface area contributed by atoms with Crippen molar-refractivity contribution >= 4 is 5.84 Å². The van der Waals surface area contributed by atoms with Crippen LogP contribution in [0.1, 0.15) is 33.1 Å². The van der Waals surface area contributed by atoms with Gasteiger partial charge in [0.05, 0.1) is 0 Å². The van der Waals surface area contributed by atoms with Gasteiger partial charge in [-0.15, -0.1) is 0 Å². The zero-order valence-corrected chi connectivity index (χ0v) is 9.74. The second kappa shape index (κ2) is 5.95. The van der Waals surface area contributed by atoms with E-state index in [0.29, 0.717) is 5.84 Å². The maximum atomic E-state index is 8.49. The molecule has 0 saturated heterocycles. The van der Waals surface area contributed by atoms with Gasteiger partial charge in [-0.25, -0.2) is 0 Å². The summed E-state index contributed by atoms with van der Waals surface area (Å²) >= 11 is 0. The van der Waals surface area contributed by atoms with E-state index in [1.54, 1.807) is 0 Å². The zero-order valence-electron chi connectivity index (χ0n) is 9.74. The minimum atomic E-state index is 0.103. The van der Waals surface area contributed by atoms with Crippen molar-refractivity contribution in [3.63, 3.8) is 0 Å².